The minimum atomic E-state index is -4.09. The van der Waals surface area contributed by atoms with Crippen LogP contribution in [0.1, 0.15) is 45.4 Å². The molecule has 8 heteroatoms. The van der Waals surface area contributed by atoms with E-state index in [0.717, 1.165) is 70.8 Å². The lowest BCUT2D eigenvalue weighted by Gasteiger charge is -2.32. The zero-order valence-electron chi connectivity index (χ0n) is 16.2. The van der Waals surface area contributed by atoms with Crippen LogP contribution in [0, 0.1) is 5.92 Å². The molecule has 0 aliphatic carbocycles. The average molecular weight is 380 g/mol. The van der Waals surface area contributed by atoms with Gasteiger partial charge in [-0.15, -0.1) is 0 Å². The number of ether oxygens (including phenoxy) is 1. The number of aliphatic imine (C=N–C) groups is 1. The molecule has 0 aromatic heterocycles. The van der Waals surface area contributed by atoms with Crippen LogP contribution in [-0.4, -0.2) is 70.0 Å². The number of nitrogens with one attached hydrogen (secondary N) is 2. The highest BCUT2D eigenvalue weighted by Gasteiger charge is 2.32. The fourth-order valence-corrected chi connectivity index (χ4v) is 3.03. The number of likely N-dealkylation sites (tertiary alicyclic amines) is 1. The lowest BCUT2D eigenvalue weighted by molar-refractivity contribution is -0.148. The van der Waals surface area contributed by atoms with Crippen molar-refractivity contribution in [3.63, 3.8) is 0 Å². The first-order valence-electron chi connectivity index (χ1n) is 9.76. The van der Waals surface area contributed by atoms with E-state index in [0.29, 0.717) is 19.0 Å². The van der Waals surface area contributed by atoms with Gasteiger partial charge in [-0.3, -0.25) is 9.89 Å². The highest BCUT2D eigenvalue weighted by Crippen LogP contribution is 2.23. The molecule has 0 spiro atoms. The number of alkyl halides is 3. The van der Waals surface area contributed by atoms with Crippen LogP contribution in [0.3, 0.4) is 0 Å². The van der Waals surface area contributed by atoms with Crippen molar-refractivity contribution in [1.82, 2.24) is 15.5 Å². The number of hydrogen-bond donors (Lipinski definition) is 2. The number of halogens is 3. The topological polar surface area (TPSA) is 48.9 Å². The molecule has 154 valence electrons. The van der Waals surface area contributed by atoms with Crippen molar-refractivity contribution in [1.29, 1.82) is 0 Å². The fraction of sp³-hybridized carbons (Fsp3) is 0.944. The highest BCUT2D eigenvalue weighted by molar-refractivity contribution is 5.79. The van der Waals surface area contributed by atoms with Crippen LogP contribution in [0.25, 0.3) is 0 Å². The number of rotatable bonds is 11. The van der Waals surface area contributed by atoms with Crippen LogP contribution in [0.4, 0.5) is 13.2 Å². The number of guanidine groups is 1. The first kappa shape index (κ1) is 23.0. The van der Waals surface area contributed by atoms with Gasteiger partial charge >= 0.3 is 6.18 Å². The molecule has 0 bridgehead atoms. The second-order valence-electron chi connectivity index (χ2n) is 6.87. The van der Waals surface area contributed by atoms with E-state index in [1.807, 2.05) is 0 Å². The zero-order valence-corrected chi connectivity index (χ0v) is 16.2. The van der Waals surface area contributed by atoms with E-state index in [9.17, 15) is 13.2 Å². The molecule has 0 saturated carbocycles. The summed E-state index contributed by atoms with van der Waals surface area (Å²) < 4.78 is 42.7. The van der Waals surface area contributed by atoms with Crippen molar-refractivity contribution in [2.75, 3.05) is 53.0 Å². The van der Waals surface area contributed by atoms with Crippen LogP contribution in [0.2, 0.25) is 0 Å². The molecule has 1 aliphatic rings. The lowest BCUT2D eigenvalue weighted by atomic mass is 9.93. The monoisotopic (exact) mass is 380 g/mol. The predicted molar refractivity (Wildman–Crippen MR) is 99.5 cm³/mol. The summed E-state index contributed by atoms with van der Waals surface area (Å²) in [5.41, 5.74) is 0. The molecule has 1 heterocycles. The Balaban J connectivity index is 2.05. The summed E-state index contributed by atoms with van der Waals surface area (Å²) in [5.74, 6) is 1.25. The van der Waals surface area contributed by atoms with Gasteiger partial charge in [0.15, 0.2) is 5.96 Å². The normalized spacial score (nSPS) is 17.5. The Morgan fingerprint density at radius 3 is 2.38 bits per heavy atom. The van der Waals surface area contributed by atoms with Gasteiger partial charge in [0.1, 0.15) is 0 Å². The third-order valence-corrected chi connectivity index (χ3v) is 4.58. The van der Waals surface area contributed by atoms with Gasteiger partial charge in [-0.25, -0.2) is 0 Å². The van der Waals surface area contributed by atoms with Crippen LogP contribution in [0.15, 0.2) is 4.99 Å². The summed E-state index contributed by atoms with van der Waals surface area (Å²) >= 11 is 0. The average Bonchev–Trinajstić information content (AvgIpc) is 2.59. The first-order chi connectivity index (χ1) is 12.4. The molecular formula is C18H35F3N4O. The Morgan fingerprint density at radius 2 is 1.77 bits per heavy atom. The van der Waals surface area contributed by atoms with E-state index < -0.39 is 12.7 Å². The molecule has 5 nitrogen and oxygen atoms in total. The smallest absolute Gasteiger partial charge is 0.381 e. The largest absolute Gasteiger partial charge is 0.401 e. The SMILES string of the molecule is CCCCOCCCNC(=NC)NCCC1CCN(CC(F)(F)F)CC1. The van der Waals surface area contributed by atoms with E-state index in [4.69, 9.17) is 4.74 Å². The van der Waals surface area contributed by atoms with Crippen molar-refractivity contribution in [3.8, 4) is 0 Å². The van der Waals surface area contributed by atoms with Crippen LogP contribution in [0.5, 0.6) is 0 Å². The molecule has 0 amide bonds. The standard InChI is InChI=1S/C18H35F3N4O/c1-3-4-13-26-14-5-9-23-17(22-2)24-10-6-16-7-11-25(12-8-16)15-18(19,20)21/h16H,3-15H2,1-2H3,(H2,22,23,24). The molecule has 1 saturated heterocycles. The van der Waals surface area contributed by atoms with Crippen LogP contribution in [-0.2, 0) is 4.74 Å². The molecule has 0 aromatic carbocycles. The molecule has 1 aliphatic heterocycles. The Bertz CT molecular complexity index is 383. The first-order valence-corrected chi connectivity index (χ1v) is 9.76. The van der Waals surface area contributed by atoms with Gasteiger partial charge in [-0.2, -0.15) is 13.2 Å². The summed E-state index contributed by atoms with van der Waals surface area (Å²) in [5, 5.41) is 6.54. The van der Waals surface area contributed by atoms with Crippen molar-refractivity contribution < 1.29 is 17.9 Å². The molecule has 1 fully saturated rings. The molecule has 0 atom stereocenters. The number of unbranched alkanes of at least 4 members (excludes halogenated alkanes) is 1. The second-order valence-corrected chi connectivity index (χ2v) is 6.87. The van der Waals surface area contributed by atoms with E-state index in [1.165, 1.54) is 4.90 Å². The zero-order chi connectivity index (χ0) is 19.3. The number of piperidine rings is 1. The van der Waals surface area contributed by atoms with E-state index >= 15 is 0 Å². The summed E-state index contributed by atoms with van der Waals surface area (Å²) in [6, 6.07) is 0. The second kappa shape index (κ2) is 13.2. The van der Waals surface area contributed by atoms with Gasteiger partial charge in [0.25, 0.3) is 0 Å². The number of hydrogen-bond acceptors (Lipinski definition) is 3. The Hall–Kier alpha value is -1.02. The van der Waals surface area contributed by atoms with Crippen molar-refractivity contribution in [2.24, 2.45) is 10.9 Å². The maximum absolute atomic E-state index is 12.4. The molecule has 0 unspecified atom stereocenters. The molecule has 2 N–H and O–H groups in total. The Labute approximate surface area is 155 Å². The van der Waals surface area contributed by atoms with Crippen LogP contribution >= 0.6 is 0 Å². The van der Waals surface area contributed by atoms with Crippen molar-refractivity contribution in [3.05, 3.63) is 0 Å². The van der Waals surface area contributed by atoms with Gasteiger partial charge in [-0.1, -0.05) is 13.3 Å². The van der Waals surface area contributed by atoms with E-state index in [2.05, 4.69) is 22.5 Å². The minimum absolute atomic E-state index is 0.483. The minimum Gasteiger partial charge on any atom is -0.381 e. The van der Waals surface area contributed by atoms with E-state index in [-0.39, 0.29) is 0 Å². The highest BCUT2D eigenvalue weighted by atomic mass is 19.4. The maximum atomic E-state index is 12.4. The Kier molecular flexibility index (Phi) is 11.7. The summed E-state index contributed by atoms with van der Waals surface area (Å²) in [6.07, 6.45) is 1.72. The van der Waals surface area contributed by atoms with Gasteiger partial charge in [0.2, 0.25) is 0 Å². The van der Waals surface area contributed by atoms with Gasteiger partial charge in [0.05, 0.1) is 6.54 Å². The summed E-state index contributed by atoms with van der Waals surface area (Å²) in [6.45, 7) is 5.61. The quantitative estimate of drug-likeness (QED) is 0.329. The maximum Gasteiger partial charge on any atom is 0.401 e. The number of nitrogens with zero attached hydrogens (tertiary/aromatic N) is 2. The fourth-order valence-electron chi connectivity index (χ4n) is 3.03. The molecule has 0 radical (unpaired) electrons. The third kappa shape index (κ3) is 11.6. The Morgan fingerprint density at radius 1 is 1.12 bits per heavy atom. The molecular weight excluding hydrogens is 345 g/mol. The van der Waals surface area contributed by atoms with Gasteiger partial charge in [0, 0.05) is 33.4 Å². The lowest BCUT2D eigenvalue weighted by Crippen LogP contribution is -2.41. The van der Waals surface area contributed by atoms with Crippen molar-refractivity contribution in [2.45, 2.75) is 51.6 Å². The third-order valence-electron chi connectivity index (χ3n) is 4.58. The molecule has 1 rings (SSSR count). The van der Waals surface area contributed by atoms with Crippen LogP contribution < -0.4 is 10.6 Å². The van der Waals surface area contributed by atoms with E-state index in [1.54, 1.807) is 7.05 Å². The van der Waals surface area contributed by atoms with Gasteiger partial charge < -0.3 is 15.4 Å². The summed E-state index contributed by atoms with van der Waals surface area (Å²) in [4.78, 5) is 5.70. The van der Waals surface area contributed by atoms with Crippen molar-refractivity contribution >= 4 is 5.96 Å². The predicted octanol–water partition coefficient (Wildman–Crippen LogP) is 3.02. The van der Waals surface area contributed by atoms with Gasteiger partial charge in [-0.05, 0) is 51.1 Å². The molecule has 0 aromatic rings. The summed E-state index contributed by atoms with van der Waals surface area (Å²) in [7, 11) is 1.74. The molecule has 26 heavy (non-hydrogen) atoms.